The predicted molar refractivity (Wildman–Crippen MR) is 94.6 cm³/mol. The molecule has 9 heteroatoms. The average Bonchev–Trinajstić information content (AvgIpc) is 2.84. The van der Waals surface area contributed by atoms with E-state index in [1.54, 1.807) is 11.8 Å². The highest BCUT2D eigenvalue weighted by atomic mass is 35.5. The van der Waals surface area contributed by atoms with Crippen LogP contribution in [0.5, 0.6) is 5.88 Å². The predicted octanol–water partition coefficient (Wildman–Crippen LogP) is 5.40. The summed E-state index contributed by atoms with van der Waals surface area (Å²) < 4.78 is 28.8. The molecular weight excluding hydrogens is 359 g/mol. The summed E-state index contributed by atoms with van der Waals surface area (Å²) in [6.07, 6.45) is 5.54. The third kappa shape index (κ3) is 6.31. The van der Waals surface area contributed by atoms with Gasteiger partial charge in [-0.15, -0.1) is 16.9 Å². The van der Waals surface area contributed by atoms with Crippen LogP contribution in [0.15, 0.2) is 5.03 Å². The number of thioether (sulfide) groups is 1. The molecule has 0 fully saturated rings. The Bertz CT molecular complexity index is 519. The van der Waals surface area contributed by atoms with Gasteiger partial charge < -0.3 is 4.52 Å². The van der Waals surface area contributed by atoms with Crippen LogP contribution in [0.2, 0.25) is 5.02 Å². The summed E-state index contributed by atoms with van der Waals surface area (Å²) in [6, 6.07) is 0. The van der Waals surface area contributed by atoms with Gasteiger partial charge in [-0.05, 0) is 18.6 Å². The number of nitrogens with zero attached hydrogens (tertiary/aromatic N) is 2. The van der Waals surface area contributed by atoms with Gasteiger partial charge in [-0.3, -0.25) is 13.7 Å². The normalized spacial score (nSPS) is 11.9. The first-order chi connectivity index (χ1) is 11.0. The molecule has 0 aliphatic carbocycles. The minimum atomic E-state index is -3.67. The first kappa shape index (κ1) is 20.8. The lowest BCUT2D eigenvalue weighted by atomic mass is 10.2. The van der Waals surface area contributed by atoms with Crippen LogP contribution < -0.4 is 4.52 Å². The molecule has 0 N–H and O–H groups in total. The van der Waals surface area contributed by atoms with E-state index in [9.17, 15) is 4.57 Å². The SMILES string of the molecule is CCCCCCn1nc(OP(=O)(OC)OC)c(Cl)c1SCCC. The van der Waals surface area contributed by atoms with Crippen LogP contribution in [0.1, 0.15) is 46.0 Å². The number of rotatable bonds is 12. The summed E-state index contributed by atoms with van der Waals surface area (Å²) in [5.41, 5.74) is 0. The number of unbranched alkanes of at least 4 members (excludes halogenated alkanes) is 3. The minimum Gasteiger partial charge on any atom is -0.382 e. The maximum absolute atomic E-state index is 12.1. The largest absolute Gasteiger partial charge is 0.530 e. The fourth-order valence-corrected chi connectivity index (χ4v) is 3.82. The zero-order chi connectivity index (χ0) is 17.3. The third-order valence-electron chi connectivity index (χ3n) is 3.13. The second-order valence-corrected chi connectivity index (χ2v) is 8.23. The molecule has 134 valence electrons. The second kappa shape index (κ2) is 10.6. The van der Waals surface area contributed by atoms with E-state index in [2.05, 4.69) is 18.9 Å². The molecule has 6 nitrogen and oxygen atoms in total. The van der Waals surface area contributed by atoms with Gasteiger partial charge in [0.15, 0.2) is 0 Å². The Kier molecular flexibility index (Phi) is 9.63. The van der Waals surface area contributed by atoms with E-state index in [0.717, 1.165) is 36.6 Å². The van der Waals surface area contributed by atoms with Gasteiger partial charge in [-0.25, -0.2) is 4.57 Å². The summed E-state index contributed by atoms with van der Waals surface area (Å²) >= 11 is 7.98. The first-order valence-corrected chi connectivity index (χ1v) is 10.6. The molecule has 1 aromatic rings. The highest BCUT2D eigenvalue weighted by Gasteiger charge is 2.29. The maximum Gasteiger partial charge on any atom is 0.530 e. The van der Waals surface area contributed by atoms with Gasteiger partial charge in [0.2, 0.25) is 0 Å². The molecule has 1 heterocycles. The number of aryl methyl sites for hydroxylation is 1. The molecule has 0 unspecified atom stereocenters. The quantitative estimate of drug-likeness (QED) is 0.273. The van der Waals surface area contributed by atoms with Crippen LogP contribution in [-0.4, -0.2) is 29.8 Å². The van der Waals surface area contributed by atoms with E-state index < -0.39 is 7.82 Å². The van der Waals surface area contributed by atoms with E-state index in [1.807, 2.05) is 4.68 Å². The molecule has 0 radical (unpaired) electrons. The molecule has 23 heavy (non-hydrogen) atoms. The van der Waals surface area contributed by atoms with Gasteiger partial charge in [0.05, 0.1) is 0 Å². The summed E-state index contributed by atoms with van der Waals surface area (Å²) in [5, 5.41) is 5.54. The van der Waals surface area contributed by atoms with Gasteiger partial charge >= 0.3 is 7.82 Å². The lowest BCUT2D eigenvalue weighted by molar-refractivity contribution is 0.208. The van der Waals surface area contributed by atoms with E-state index in [0.29, 0.717) is 5.02 Å². The van der Waals surface area contributed by atoms with Crippen LogP contribution in [0, 0.1) is 0 Å². The molecule has 0 bridgehead atoms. The maximum atomic E-state index is 12.1. The molecule has 0 aliphatic rings. The van der Waals surface area contributed by atoms with Crippen LogP contribution >= 0.6 is 31.2 Å². The molecule has 1 rings (SSSR count). The summed E-state index contributed by atoms with van der Waals surface area (Å²) in [5.74, 6) is 1.01. The van der Waals surface area contributed by atoms with Crippen LogP contribution in [0.25, 0.3) is 0 Å². The smallest absolute Gasteiger partial charge is 0.382 e. The van der Waals surface area contributed by atoms with Gasteiger partial charge in [0.1, 0.15) is 10.0 Å². The van der Waals surface area contributed by atoms with Gasteiger partial charge in [-0.1, -0.05) is 44.7 Å². The highest BCUT2D eigenvalue weighted by molar-refractivity contribution is 7.99. The Morgan fingerprint density at radius 1 is 1.17 bits per heavy atom. The Hall–Kier alpha value is -0.200. The topological polar surface area (TPSA) is 62.6 Å². The van der Waals surface area contributed by atoms with Gasteiger partial charge in [-0.2, -0.15) is 0 Å². The van der Waals surface area contributed by atoms with Crippen LogP contribution in [0.4, 0.5) is 0 Å². The summed E-state index contributed by atoms with van der Waals surface area (Å²) in [7, 11) is -1.16. The number of aromatic nitrogens is 2. The van der Waals surface area contributed by atoms with Crippen molar-refractivity contribution in [3.63, 3.8) is 0 Å². The van der Waals surface area contributed by atoms with Gasteiger partial charge in [0.25, 0.3) is 5.88 Å². The number of hydrogen-bond acceptors (Lipinski definition) is 6. The van der Waals surface area contributed by atoms with E-state index >= 15 is 0 Å². The number of phosphoric acid groups is 1. The molecule has 0 atom stereocenters. The lowest BCUT2D eigenvalue weighted by Crippen LogP contribution is -2.03. The van der Waals surface area contributed by atoms with Crippen LogP contribution in [-0.2, 0) is 20.2 Å². The molecule has 0 saturated heterocycles. The Labute approximate surface area is 147 Å². The van der Waals surface area contributed by atoms with Crippen LogP contribution in [0.3, 0.4) is 0 Å². The molecule has 0 amide bonds. The fourth-order valence-electron chi connectivity index (χ4n) is 1.89. The fraction of sp³-hybridized carbons (Fsp3) is 0.786. The zero-order valence-electron chi connectivity index (χ0n) is 14.2. The zero-order valence-corrected chi connectivity index (χ0v) is 16.7. The first-order valence-electron chi connectivity index (χ1n) is 7.81. The average molecular weight is 385 g/mol. The Morgan fingerprint density at radius 3 is 2.43 bits per heavy atom. The molecular formula is C14H26ClN2O4PS. The summed E-state index contributed by atoms with van der Waals surface area (Å²) in [4.78, 5) is 0. The minimum absolute atomic E-state index is 0.0906. The van der Waals surface area contributed by atoms with Crippen molar-refractivity contribution in [2.45, 2.75) is 57.5 Å². The van der Waals surface area contributed by atoms with E-state index in [-0.39, 0.29) is 5.88 Å². The van der Waals surface area contributed by atoms with Crippen molar-refractivity contribution in [2.75, 3.05) is 20.0 Å². The molecule has 1 aromatic heterocycles. The van der Waals surface area contributed by atoms with Crippen molar-refractivity contribution in [3.8, 4) is 5.88 Å². The Morgan fingerprint density at radius 2 is 1.87 bits per heavy atom. The standard InChI is InChI=1S/C14H26ClN2O4PS/c1-5-7-8-9-10-17-14(23-11-6-2)12(15)13(16-17)21-22(18,19-3)20-4/h5-11H2,1-4H3. The highest BCUT2D eigenvalue weighted by Crippen LogP contribution is 2.50. The van der Waals surface area contributed by atoms with Crippen molar-refractivity contribution in [2.24, 2.45) is 0 Å². The van der Waals surface area contributed by atoms with Crippen molar-refractivity contribution >= 4 is 31.2 Å². The molecule has 0 saturated carbocycles. The molecule has 0 aliphatic heterocycles. The lowest BCUT2D eigenvalue weighted by Gasteiger charge is -2.12. The second-order valence-electron chi connectivity index (χ2n) is 4.96. The monoisotopic (exact) mass is 384 g/mol. The van der Waals surface area contributed by atoms with Crippen molar-refractivity contribution in [1.29, 1.82) is 0 Å². The van der Waals surface area contributed by atoms with Crippen molar-refractivity contribution < 1.29 is 18.1 Å². The molecule has 0 spiro atoms. The Balaban J connectivity index is 2.94. The van der Waals surface area contributed by atoms with E-state index in [1.165, 1.54) is 27.1 Å². The third-order valence-corrected chi connectivity index (χ3v) is 6.18. The number of halogens is 1. The van der Waals surface area contributed by atoms with Gasteiger partial charge in [0, 0.05) is 20.8 Å². The van der Waals surface area contributed by atoms with E-state index in [4.69, 9.17) is 25.2 Å². The van der Waals surface area contributed by atoms with Crippen molar-refractivity contribution in [1.82, 2.24) is 9.78 Å². The molecule has 0 aromatic carbocycles. The van der Waals surface area contributed by atoms with Crippen molar-refractivity contribution in [3.05, 3.63) is 5.02 Å². The number of hydrogen-bond donors (Lipinski definition) is 0. The number of phosphoric ester groups is 1. The summed E-state index contributed by atoms with van der Waals surface area (Å²) in [6.45, 7) is 5.02.